The average Bonchev–Trinajstić information content (AvgIpc) is 3.83. The number of carboxylic acid groups (broad SMARTS) is 2. The lowest BCUT2D eigenvalue weighted by Gasteiger charge is -2.77. The average molecular weight is 781 g/mol. The summed E-state index contributed by atoms with van der Waals surface area (Å²) < 4.78 is 20.0. The molecule has 4 saturated heterocycles. The zero-order chi connectivity index (χ0) is 39.4. The number of ketones is 1. The molecule has 0 aromatic carbocycles. The first-order chi connectivity index (χ1) is 25.2. The maximum absolute atomic E-state index is 15.4. The summed E-state index contributed by atoms with van der Waals surface area (Å²) in [6.45, 7) is 7.32. The largest absolute Gasteiger partial charge is 0.480 e. The molecule has 0 radical (unpaired) electrons. The normalized spacial score (nSPS) is 41.3. The van der Waals surface area contributed by atoms with Crippen LogP contribution in [0.5, 0.6) is 0 Å². The highest BCUT2D eigenvalue weighted by Gasteiger charge is 2.95. The second-order valence-corrected chi connectivity index (χ2v) is 18.6. The van der Waals surface area contributed by atoms with Gasteiger partial charge in [-0.1, -0.05) is 13.8 Å². The number of ether oxygens (including phenoxy) is 3. The van der Waals surface area contributed by atoms with Crippen molar-refractivity contribution in [2.45, 2.75) is 120 Å². The van der Waals surface area contributed by atoms with Crippen LogP contribution >= 0.6 is 11.8 Å². The van der Waals surface area contributed by atoms with Gasteiger partial charge in [0.2, 0.25) is 23.5 Å². The minimum Gasteiger partial charge on any atom is -0.480 e. The zero-order valence-corrected chi connectivity index (χ0v) is 31.8. The molecule has 8 rings (SSSR count). The Morgan fingerprint density at radius 1 is 1.06 bits per heavy atom. The number of fused-ring (bicyclic) bond motifs is 2. The van der Waals surface area contributed by atoms with Crippen molar-refractivity contribution in [3.63, 3.8) is 0 Å². The van der Waals surface area contributed by atoms with E-state index in [1.54, 1.807) is 18.7 Å². The molecule has 54 heavy (non-hydrogen) atoms. The van der Waals surface area contributed by atoms with Crippen LogP contribution in [-0.2, 0) is 43.0 Å². The molecule has 18 heteroatoms. The third-order valence-corrected chi connectivity index (χ3v) is 14.8. The van der Waals surface area contributed by atoms with Gasteiger partial charge < -0.3 is 55.9 Å². The summed E-state index contributed by atoms with van der Waals surface area (Å²) in [5.41, 5.74) is 1.56. The molecule has 0 aromatic rings. The summed E-state index contributed by atoms with van der Waals surface area (Å²) >= 11 is 1.17. The fraction of sp³-hybridized carbons (Fsp3) is 0.833. The molecule has 17 nitrogen and oxygen atoms in total. The molecule has 300 valence electrons. The van der Waals surface area contributed by atoms with Gasteiger partial charge in [-0.25, -0.2) is 0 Å². The first kappa shape index (κ1) is 39.4. The third-order valence-electron chi connectivity index (χ3n) is 13.8. The van der Waals surface area contributed by atoms with Crippen LogP contribution in [0.25, 0.3) is 0 Å². The molecule has 3 amide bonds. The molecule has 12 atom stereocenters. The van der Waals surface area contributed by atoms with Crippen LogP contribution in [0.15, 0.2) is 0 Å². The second kappa shape index (κ2) is 13.1. The molecule has 0 aromatic heterocycles. The molecule has 1 unspecified atom stereocenters. The van der Waals surface area contributed by atoms with E-state index in [0.717, 1.165) is 0 Å². The molecule has 4 heterocycles. The van der Waals surface area contributed by atoms with Gasteiger partial charge in [0, 0.05) is 41.6 Å². The number of nitrogens with one attached hydrogen (secondary N) is 2. The van der Waals surface area contributed by atoms with Crippen LogP contribution in [0, 0.1) is 34.0 Å². The fourth-order valence-corrected chi connectivity index (χ4v) is 12.7. The van der Waals surface area contributed by atoms with E-state index in [9.17, 15) is 34.2 Å². The van der Waals surface area contributed by atoms with Gasteiger partial charge in [-0.3, -0.25) is 28.8 Å². The van der Waals surface area contributed by atoms with E-state index in [1.165, 1.54) is 11.8 Å². The fourth-order valence-electron chi connectivity index (χ4n) is 11.8. The molecular formula is C36H52N4O13S. The van der Waals surface area contributed by atoms with Gasteiger partial charge >= 0.3 is 11.9 Å². The van der Waals surface area contributed by atoms with E-state index < -0.39 is 100 Å². The number of carbonyl (C=O) groups excluding carboxylic acids is 4. The van der Waals surface area contributed by atoms with Crippen molar-refractivity contribution in [2.24, 2.45) is 39.7 Å². The summed E-state index contributed by atoms with van der Waals surface area (Å²) in [7, 11) is 0. The Balaban J connectivity index is 1.08. The van der Waals surface area contributed by atoms with Crippen LogP contribution in [-0.4, -0.2) is 139 Å². The second-order valence-electron chi connectivity index (χ2n) is 17.5. The number of aliphatic carboxylic acids is 2. The van der Waals surface area contributed by atoms with Gasteiger partial charge in [-0.2, -0.15) is 11.8 Å². The van der Waals surface area contributed by atoms with E-state index in [4.69, 9.17) is 30.2 Å². The van der Waals surface area contributed by atoms with E-state index in [-0.39, 0.29) is 66.9 Å². The summed E-state index contributed by atoms with van der Waals surface area (Å²) in [4.78, 5) is 78.2. The van der Waals surface area contributed by atoms with Crippen molar-refractivity contribution in [1.29, 1.82) is 0 Å². The number of hydrogen-bond acceptors (Lipinski definition) is 13. The zero-order valence-electron chi connectivity index (χ0n) is 31.0. The molecule has 4 bridgehead atoms. The van der Waals surface area contributed by atoms with Gasteiger partial charge in [0.15, 0.2) is 11.6 Å². The Morgan fingerprint density at radius 3 is 2.46 bits per heavy atom. The molecule has 4 spiro atoms. The summed E-state index contributed by atoms with van der Waals surface area (Å²) in [6.07, 6.45) is -0.855. The number of nitrogens with two attached hydrogens (primary N) is 1. The van der Waals surface area contributed by atoms with Gasteiger partial charge in [0.1, 0.15) is 35.7 Å². The number of rotatable bonds is 13. The molecule has 8 aliphatic rings. The predicted octanol–water partition coefficient (Wildman–Crippen LogP) is -0.800. The summed E-state index contributed by atoms with van der Waals surface area (Å²) in [6, 6.07) is -2.45. The van der Waals surface area contributed by atoms with Crippen LogP contribution in [0.4, 0.5) is 0 Å². The van der Waals surface area contributed by atoms with Crippen LogP contribution in [0.2, 0.25) is 0 Å². The molecule has 4 saturated carbocycles. The number of amides is 3. The van der Waals surface area contributed by atoms with Crippen molar-refractivity contribution in [2.75, 3.05) is 31.2 Å². The van der Waals surface area contributed by atoms with Crippen molar-refractivity contribution in [3.8, 4) is 0 Å². The lowest BCUT2D eigenvalue weighted by Crippen LogP contribution is -2.88. The maximum atomic E-state index is 15.4. The lowest BCUT2D eigenvalue weighted by molar-refractivity contribution is -0.534. The number of Topliss-reactive ketones (excluding diaryl/α,β-unsaturated/α-hetero) is 1. The predicted molar refractivity (Wildman–Crippen MR) is 187 cm³/mol. The van der Waals surface area contributed by atoms with E-state index in [1.807, 2.05) is 0 Å². The number of hydrogen-bond donors (Lipinski definition) is 7. The number of nitrogens with zero attached hydrogens (tertiary/aromatic N) is 1. The number of carboxylic acids is 2. The minimum atomic E-state index is -1.73. The van der Waals surface area contributed by atoms with Gasteiger partial charge in [0.05, 0.1) is 25.4 Å². The number of carbonyl (C=O) groups is 6. The lowest BCUT2D eigenvalue weighted by atomic mass is 9.35. The Hall–Kier alpha value is -2.87. The monoisotopic (exact) mass is 780 g/mol. The molecule has 4 aliphatic heterocycles. The van der Waals surface area contributed by atoms with Crippen molar-refractivity contribution >= 4 is 47.2 Å². The minimum absolute atomic E-state index is 0.00950. The van der Waals surface area contributed by atoms with Gasteiger partial charge in [-0.05, 0) is 57.3 Å². The van der Waals surface area contributed by atoms with E-state index >= 15 is 4.79 Å². The topological polar surface area (TPSA) is 264 Å². The Bertz CT molecular complexity index is 1640. The first-order valence-corrected chi connectivity index (χ1v) is 20.0. The van der Waals surface area contributed by atoms with Crippen molar-refractivity contribution < 1.29 is 63.4 Å². The molecule has 8 N–H and O–H groups in total. The molecular weight excluding hydrogens is 728 g/mol. The van der Waals surface area contributed by atoms with Crippen molar-refractivity contribution in [3.05, 3.63) is 0 Å². The quantitative estimate of drug-likeness (QED) is 0.0891. The Labute approximate surface area is 316 Å². The first-order valence-electron chi connectivity index (χ1n) is 18.8. The molecule has 8 fully saturated rings. The number of aliphatic hydroxyl groups excluding tert-OH is 2. The van der Waals surface area contributed by atoms with Gasteiger partial charge in [-0.15, -0.1) is 0 Å². The smallest absolute Gasteiger partial charge is 0.322 e. The Kier molecular flexibility index (Phi) is 9.55. The van der Waals surface area contributed by atoms with Crippen LogP contribution in [0.3, 0.4) is 0 Å². The standard InChI is InChI=1S/C36H52N4O13S/c1-31(2)11-9-21(41)33-16-51-36(26(46)25(31)33)35-20(33)7-5-17(27(35)52-32(3,4)53-36)34(30(35)50)15-40(34)23(43)10-12-54-14-19(28(47)38-13-24(44)45)39-22(42)8-6-18(37)29(48)49/h17-21,25-27,41,46H,5-16,37H2,1-4H3,(H,38,47)(H,39,42)(H,44,45)(H,48,49)/t17-,18+,19+,20+,21+,25-,26+,27-,33-,34?,35-,36-,40?/m1/s1. The molecule has 4 aliphatic carbocycles. The summed E-state index contributed by atoms with van der Waals surface area (Å²) in [5.74, 6) is -8.45. The van der Waals surface area contributed by atoms with Crippen LogP contribution < -0.4 is 16.4 Å². The third kappa shape index (κ3) is 5.40. The highest BCUT2D eigenvalue weighted by atomic mass is 32.2. The highest BCUT2D eigenvalue weighted by molar-refractivity contribution is 7.99. The SMILES string of the molecule is CC1(C)O[C@@H]2[C@H]3CC[C@H]4[C@@]56CO[C@@](O1)([C@@H](O)[C@@H]5C(C)(C)CC[C@@H]6O)[C@@]24C(=O)C31CN1C(=O)CCSC[C@H](NC(=O)CC[C@H](N)C(=O)O)C(=O)NCC(=O)O. The van der Waals surface area contributed by atoms with Gasteiger partial charge in [0.25, 0.3) is 0 Å². The summed E-state index contributed by atoms with van der Waals surface area (Å²) in [5, 5.41) is 47.0. The van der Waals surface area contributed by atoms with Crippen molar-refractivity contribution in [1.82, 2.24) is 15.5 Å². The maximum Gasteiger partial charge on any atom is 0.322 e. The van der Waals surface area contributed by atoms with E-state index in [0.29, 0.717) is 25.7 Å². The number of thioether (sulfide) groups is 1. The number of aliphatic hydroxyl groups is 2. The highest BCUT2D eigenvalue weighted by Crippen LogP contribution is 2.81. The van der Waals surface area contributed by atoms with E-state index in [2.05, 4.69) is 24.5 Å². The Morgan fingerprint density at radius 2 is 1.78 bits per heavy atom. The van der Waals surface area contributed by atoms with Crippen LogP contribution in [0.1, 0.15) is 72.6 Å².